The Morgan fingerprint density at radius 2 is 1.45 bits per heavy atom. The van der Waals surface area contributed by atoms with Crippen LogP contribution in [0.3, 0.4) is 0 Å². The van der Waals surface area contributed by atoms with Crippen LogP contribution < -0.4 is 4.74 Å². The molecule has 2 heteroatoms. The van der Waals surface area contributed by atoms with Crippen LogP contribution in [0, 0.1) is 0 Å². The van der Waals surface area contributed by atoms with Gasteiger partial charge in [0, 0.05) is 5.33 Å². The molecule has 0 saturated carbocycles. The van der Waals surface area contributed by atoms with Gasteiger partial charge in [0.1, 0.15) is 12.4 Å². The maximum absolute atomic E-state index is 5.83. The smallest absolute Gasteiger partial charge is 0.119 e. The molecule has 0 N–H and O–H groups in total. The zero-order valence-corrected chi connectivity index (χ0v) is 12.6. The van der Waals surface area contributed by atoms with E-state index in [-0.39, 0.29) is 0 Å². The Balaban J connectivity index is 1.72. The minimum absolute atomic E-state index is 0.596. The number of fused-ring (bicyclic) bond motifs is 1. The molecule has 1 nitrogen and oxygen atoms in total. The van der Waals surface area contributed by atoms with Crippen molar-refractivity contribution < 1.29 is 4.74 Å². The first kappa shape index (κ1) is 13.2. The monoisotopic (exact) mass is 326 g/mol. The summed E-state index contributed by atoms with van der Waals surface area (Å²) < 4.78 is 5.83. The van der Waals surface area contributed by atoms with Crippen LogP contribution in [0.2, 0.25) is 0 Å². The molecule has 20 heavy (non-hydrogen) atoms. The largest absolute Gasteiger partial charge is 0.489 e. The van der Waals surface area contributed by atoms with Gasteiger partial charge in [-0.3, -0.25) is 0 Å². The molecular weight excluding hydrogens is 312 g/mol. The summed E-state index contributed by atoms with van der Waals surface area (Å²) >= 11 is 3.44. The van der Waals surface area contributed by atoms with E-state index in [9.17, 15) is 0 Å². The van der Waals surface area contributed by atoms with E-state index >= 15 is 0 Å². The summed E-state index contributed by atoms with van der Waals surface area (Å²) in [7, 11) is 0. The predicted molar refractivity (Wildman–Crippen MR) is 87.4 cm³/mol. The Kier molecular flexibility index (Phi) is 4.03. The van der Waals surface area contributed by atoms with Gasteiger partial charge < -0.3 is 4.74 Å². The van der Waals surface area contributed by atoms with Crippen molar-refractivity contribution in [1.29, 1.82) is 0 Å². The molecular formula is C18H15BrO. The second-order valence-electron chi connectivity index (χ2n) is 4.75. The van der Waals surface area contributed by atoms with Crippen LogP contribution in [0.4, 0.5) is 0 Å². The fourth-order valence-electron chi connectivity index (χ4n) is 2.17. The maximum Gasteiger partial charge on any atom is 0.119 e. The number of alkyl halides is 1. The van der Waals surface area contributed by atoms with E-state index in [1.165, 1.54) is 21.9 Å². The highest BCUT2D eigenvalue weighted by Crippen LogP contribution is 2.19. The van der Waals surface area contributed by atoms with Gasteiger partial charge in [0.2, 0.25) is 0 Å². The quantitative estimate of drug-likeness (QED) is 0.590. The SMILES string of the molecule is BrCc1ccc(OCc2ccc3ccccc3c2)cc1. The van der Waals surface area contributed by atoms with Crippen molar-refractivity contribution in [3.05, 3.63) is 77.9 Å². The Bertz CT molecular complexity index is 704. The third kappa shape index (κ3) is 3.02. The lowest BCUT2D eigenvalue weighted by Gasteiger charge is -2.08. The van der Waals surface area contributed by atoms with Crippen molar-refractivity contribution in [3.63, 3.8) is 0 Å². The summed E-state index contributed by atoms with van der Waals surface area (Å²) in [4.78, 5) is 0. The van der Waals surface area contributed by atoms with E-state index in [0.717, 1.165) is 11.1 Å². The molecule has 0 atom stereocenters. The van der Waals surface area contributed by atoms with Crippen LogP contribution >= 0.6 is 15.9 Å². The third-order valence-electron chi connectivity index (χ3n) is 3.30. The second kappa shape index (κ2) is 6.10. The van der Waals surface area contributed by atoms with Gasteiger partial charge in [-0.2, -0.15) is 0 Å². The number of halogens is 1. The second-order valence-corrected chi connectivity index (χ2v) is 5.31. The Morgan fingerprint density at radius 3 is 2.20 bits per heavy atom. The lowest BCUT2D eigenvalue weighted by molar-refractivity contribution is 0.306. The van der Waals surface area contributed by atoms with E-state index in [1.54, 1.807) is 0 Å². The first-order valence-corrected chi connectivity index (χ1v) is 7.73. The molecule has 0 fully saturated rings. The molecule has 0 heterocycles. The topological polar surface area (TPSA) is 9.23 Å². The summed E-state index contributed by atoms with van der Waals surface area (Å²) in [5.74, 6) is 0.905. The highest BCUT2D eigenvalue weighted by Gasteiger charge is 1.99. The van der Waals surface area contributed by atoms with Gasteiger partial charge >= 0.3 is 0 Å². The van der Waals surface area contributed by atoms with Gasteiger partial charge in [0.15, 0.2) is 0 Å². The fourth-order valence-corrected chi connectivity index (χ4v) is 2.54. The summed E-state index contributed by atoms with van der Waals surface area (Å²) in [6.07, 6.45) is 0. The summed E-state index contributed by atoms with van der Waals surface area (Å²) in [6, 6.07) is 23.0. The number of hydrogen-bond acceptors (Lipinski definition) is 1. The highest BCUT2D eigenvalue weighted by molar-refractivity contribution is 9.08. The van der Waals surface area contributed by atoms with Crippen LogP contribution in [-0.4, -0.2) is 0 Å². The fraction of sp³-hybridized carbons (Fsp3) is 0.111. The van der Waals surface area contributed by atoms with Gasteiger partial charge in [-0.1, -0.05) is 64.5 Å². The first-order chi connectivity index (χ1) is 9.85. The Hall–Kier alpha value is -1.80. The lowest BCUT2D eigenvalue weighted by Crippen LogP contribution is -1.95. The predicted octanol–water partition coefficient (Wildman–Crippen LogP) is 5.31. The molecule has 0 amide bonds. The molecule has 100 valence electrons. The van der Waals surface area contributed by atoms with Crippen molar-refractivity contribution in [1.82, 2.24) is 0 Å². The summed E-state index contributed by atoms with van der Waals surface area (Å²) in [6.45, 7) is 0.596. The number of benzene rings is 3. The highest BCUT2D eigenvalue weighted by atomic mass is 79.9. The van der Waals surface area contributed by atoms with Crippen molar-refractivity contribution >= 4 is 26.7 Å². The lowest BCUT2D eigenvalue weighted by atomic mass is 10.1. The Morgan fingerprint density at radius 1 is 0.750 bits per heavy atom. The first-order valence-electron chi connectivity index (χ1n) is 6.60. The van der Waals surface area contributed by atoms with Crippen LogP contribution in [0.5, 0.6) is 5.75 Å². The van der Waals surface area contributed by atoms with E-state index < -0.39 is 0 Å². The molecule has 0 bridgehead atoms. The molecule has 3 rings (SSSR count). The van der Waals surface area contributed by atoms with Gasteiger partial charge in [-0.25, -0.2) is 0 Å². The van der Waals surface area contributed by atoms with Crippen LogP contribution in [0.1, 0.15) is 11.1 Å². The molecule has 0 unspecified atom stereocenters. The van der Waals surface area contributed by atoms with Crippen molar-refractivity contribution in [2.75, 3.05) is 0 Å². The van der Waals surface area contributed by atoms with Crippen LogP contribution in [0.25, 0.3) is 10.8 Å². The van der Waals surface area contributed by atoms with E-state index in [4.69, 9.17) is 4.74 Å². The van der Waals surface area contributed by atoms with Crippen LogP contribution in [-0.2, 0) is 11.9 Å². The van der Waals surface area contributed by atoms with Crippen molar-refractivity contribution in [2.45, 2.75) is 11.9 Å². The minimum Gasteiger partial charge on any atom is -0.489 e. The Labute approximate surface area is 127 Å². The zero-order chi connectivity index (χ0) is 13.8. The average molecular weight is 327 g/mol. The molecule has 0 radical (unpaired) electrons. The zero-order valence-electron chi connectivity index (χ0n) is 11.1. The minimum atomic E-state index is 0.596. The molecule has 0 aliphatic carbocycles. The van der Waals surface area contributed by atoms with E-state index in [0.29, 0.717) is 6.61 Å². The number of ether oxygens (including phenoxy) is 1. The van der Waals surface area contributed by atoms with Gasteiger partial charge in [-0.05, 0) is 40.1 Å². The normalized spacial score (nSPS) is 10.7. The van der Waals surface area contributed by atoms with Gasteiger partial charge in [-0.15, -0.1) is 0 Å². The number of hydrogen-bond donors (Lipinski definition) is 0. The van der Waals surface area contributed by atoms with Crippen molar-refractivity contribution in [3.8, 4) is 5.75 Å². The molecule has 3 aromatic rings. The summed E-state index contributed by atoms with van der Waals surface area (Å²) in [5, 5.41) is 3.39. The molecule has 0 aromatic heterocycles. The molecule has 0 saturated heterocycles. The molecule has 0 spiro atoms. The molecule has 0 aliphatic heterocycles. The van der Waals surface area contributed by atoms with Gasteiger partial charge in [0.25, 0.3) is 0 Å². The van der Waals surface area contributed by atoms with E-state index in [1.807, 2.05) is 12.1 Å². The molecule has 0 aliphatic rings. The maximum atomic E-state index is 5.83. The van der Waals surface area contributed by atoms with Crippen molar-refractivity contribution in [2.24, 2.45) is 0 Å². The molecule has 3 aromatic carbocycles. The van der Waals surface area contributed by atoms with E-state index in [2.05, 4.69) is 70.5 Å². The third-order valence-corrected chi connectivity index (χ3v) is 3.94. The number of rotatable bonds is 4. The summed E-state index contributed by atoms with van der Waals surface area (Å²) in [5.41, 5.74) is 2.44. The van der Waals surface area contributed by atoms with Gasteiger partial charge in [0.05, 0.1) is 0 Å². The average Bonchev–Trinajstić information content (AvgIpc) is 2.53. The van der Waals surface area contributed by atoms with Crippen LogP contribution in [0.15, 0.2) is 66.7 Å². The standard InChI is InChI=1S/C18H15BrO/c19-12-14-6-9-18(10-7-14)20-13-15-5-8-16-3-1-2-4-17(16)11-15/h1-11H,12-13H2.